The minimum absolute atomic E-state index is 0.516. The van der Waals surface area contributed by atoms with Crippen molar-refractivity contribution in [3.8, 4) is 5.69 Å². The van der Waals surface area contributed by atoms with Gasteiger partial charge in [-0.15, -0.1) is 32.2 Å². The van der Waals surface area contributed by atoms with E-state index in [4.69, 9.17) is 0 Å². The summed E-state index contributed by atoms with van der Waals surface area (Å²) in [4.78, 5) is 1.24. The number of benzene rings is 1. The van der Waals surface area contributed by atoms with Crippen LogP contribution < -0.4 is 0 Å². The van der Waals surface area contributed by atoms with Crippen LogP contribution in [0.1, 0.15) is 17.5 Å². The number of aromatic amines is 1. The van der Waals surface area contributed by atoms with E-state index in [-0.39, 0.29) is 0 Å². The number of para-hydroxylation sites is 1. The van der Waals surface area contributed by atoms with Crippen molar-refractivity contribution < 1.29 is 0 Å². The van der Waals surface area contributed by atoms with Gasteiger partial charge in [0, 0.05) is 4.90 Å². The Morgan fingerprint density at radius 2 is 2.16 bits per heavy atom. The molecule has 0 spiro atoms. The van der Waals surface area contributed by atoms with Crippen LogP contribution in [0, 0.1) is 0 Å². The average Bonchev–Trinajstić information content (AvgIpc) is 3.09. The summed E-state index contributed by atoms with van der Waals surface area (Å²) in [5.74, 6) is 3.24. The summed E-state index contributed by atoms with van der Waals surface area (Å²) >= 11 is 1.78. The highest BCUT2D eigenvalue weighted by Gasteiger charge is 2.22. The van der Waals surface area contributed by atoms with Gasteiger partial charge in [0.25, 0.3) is 0 Å². The van der Waals surface area contributed by atoms with Crippen LogP contribution in [0.25, 0.3) is 5.69 Å². The van der Waals surface area contributed by atoms with E-state index in [9.17, 15) is 0 Å². The Bertz CT molecular complexity index is 718. The molecule has 0 atom stereocenters. The Balaban J connectivity index is 1.83. The third-order valence-electron chi connectivity index (χ3n) is 2.97. The third-order valence-corrected chi connectivity index (χ3v) is 4.02. The van der Waals surface area contributed by atoms with E-state index < -0.39 is 0 Å². The standard InChI is InChI=1S/C11H9N7S/c1-2-4-8-7(3-1)18-10(5-9-12-16-17-13-9)14-15-11(18)6-19-8/h1-4H,5-6H2,(H,12,13,16,17). The van der Waals surface area contributed by atoms with Crippen LogP contribution in [0.4, 0.5) is 0 Å². The lowest BCUT2D eigenvalue weighted by Crippen LogP contribution is -2.10. The highest BCUT2D eigenvalue weighted by atomic mass is 32.2. The number of hydrogen-bond donors (Lipinski definition) is 1. The van der Waals surface area contributed by atoms with Crippen molar-refractivity contribution >= 4 is 11.8 Å². The van der Waals surface area contributed by atoms with Gasteiger partial charge in [0.1, 0.15) is 11.6 Å². The normalized spacial score (nSPS) is 13.1. The number of tetrazole rings is 1. The number of fused-ring (bicyclic) bond motifs is 3. The van der Waals surface area contributed by atoms with E-state index in [1.54, 1.807) is 11.8 Å². The zero-order valence-electron chi connectivity index (χ0n) is 9.82. The van der Waals surface area contributed by atoms with Crippen molar-refractivity contribution in [2.75, 3.05) is 0 Å². The van der Waals surface area contributed by atoms with Crippen LogP contribution in [0.2, 0.25) is 0 Å². The Labute approximate surface area is 112 Å². The second-order valence-electron chi connectivity index (χ2n) is 4.13. The highest BCUT2D eigenvalue weighted by molar-refractivity contribution is 7.98. The zero-order valence-corrected chi connectivity index (χ0v) is 10.6. The average molecular weight is 271 g/mol. The lowest BCUT2D eigenvalue weighted by Gasteiger charge is -2.18. The Kier molecular flexibility index (Phi) is 2.34. The Hall–Kier alpha value is -2.22. The van der Waals surface area contributed by atoms with Crippen LogP contribution >= 0.6 is 11.8 Å². The molecule has 0 aliphatic carbocycles. The summed E-state index contributed by atoms with van der Waals surface area (Å²) < 4.78 is 2.09. The van der Waals surface area contributed by atoms with Gasteiger partial charge in [0.05, 0.1) is 17.9 Å². The van der Waals surface area contributed by atoms with E-state index in [2.05, 4.69) is 47.5 Å². The summed E-state index contributed by atoms with van der Waals surface area (Å²) in [7, 11) is 0. The maximum Gasteiger partial charge on any atom is 0.182 e. The molecule has 3 aromatic rings. The molecule has 4 rings (SSSR count). The van der Waals surface area contributed by atoms with Crippen molar-refractivity contribution in [1.82, 2.24) is 35.4 Å². The topological polar surface area (TPSA) is 85.2 Å². The number of aromatic nitrogens is 7. The molecule has 94 valence electrons. The molecule has 0 fully saturated rings. The van der Waals surface area contributed by atoms with Gasteiger partial charge in [0.2, 0.25) is 0 Å². The van der Waals surface area contributed by atoms with Crippen LogP contribution in [0.3, 0.4) is 0 Å². The zero-order chi connectivity index (χ0) is 12.7. The Morgan fingerprint density at radius 3 is 3.05 bits per heavy atom. The summed E-state index contributed by atoms with van der Waals surface area (Å²) in [6, 6.07) is 8.25. The highest BCUT2D eigenvalue weighted by Crippen LogP contribution is 2.34. The predicted octanol–water partition coefficient (Wildman–Crippen LogP) is 0.977. The lowest BCUT2D eigenvalue weighted by atomic mass is 10.3. The number of nitrogens with zero attached hydrogens (tertiary/aromatic N) is 6. The Morgan fingerprint density at radius 1 is 1.21 bits per heavy atom. The molecular formula is C11H9N7S. The molecule has 8 heteroatoms. The first-order chi connectivity index (χ1) is 9.42. The van der Waals surface area contributed by atoms with E-state index in [1.807, 2.05) is 12.1 Å². The van der Waals surface area contributed by atoms with Crippen molar-refractivity contribution in [1.29, 1.82) is 0 Å². The van der Waals surface area contributed by atoms with Gasteiger partial charge in [-0.2, -0.15) is 5.21 Å². The maximum atomic E-state index is 4.25. The van der Waals surface area contributed by atoms with E-state index >= 15 is 0 Å². The molecule has 0 amide bonds. The summed E-state index contributed by atoms with van der Waals surface area (Å²) in [6.45, 7) is 0. The second-order valence-corrected chi connectivity index (χ2v) is 5.15. The van der Waals surface area contributed by atoms with Crippen molar-refractivity contribution in [3.05, 3.63) is 41.7 Å². The molecule has 1 N–H and O–H groups in total. The number of thioether (sulfide) groups is 1. The fourth-order valence-corrected chi connectivity index (χ4v) is 3.10. The van der Waals surface area contributed by atoms with Crippen LogP contribution in [0.15, 0.2) is 29.2 Å². The molecular weight excluding hydrogens is 262 g/mol. The molecule has 0 saturated heterocycles. The van der Waals surface area contributed by atoms with E-state index in [1.165, 1.54) is 4.90 Å². The molecule has 7 nitrogen and oxygen atoms in total. The van der Waals surface area contributed by atoms with Gasteiger partial charge < -0.3 is 0 Å². The molecule has 0 radical (unpaired) electrons. The fourth-order valence-electron chi connectivity index (χ4n) is 2.14. The second kappa shape index (κ2) is 4.16. The molecule has 1 aliphatic heterocycles. The first-order valence-corrected chi connectivity index (χ1v) is 6.78. The minimum atomic E-state index is 0.516. The van der Waals surface area contributed by atoms with Gasteiger partial charge >= 0.3 is 0 Å². The van der Waals surface area contributed by atoms with Crippen LogP contribution in [-0.4, -0.2) is 35.4 Å². The van der Waals surface area contributed by atoms with Crippen molar-refractivity contribution in [2.45, 2.75) is 17.1 Å². The maximum absolute atomic E-state index is 4.25. The minimum Gasteiger partial charge on any atom is -0.281 e. The van der Waals surface area contributed by atoms with E-state index in [0.29, 0.717) is 12.2 Å². The lowest BCUT2D eigenvalue weighted by molar-refractivity contribution is 0.831. The van der Waals surface area contributed by atoms with Crippen LogP contribution in [-0.2, 0) is 12.2 Å². The number of hydrogen-bond acceptors (Lipinski definition) is 6. The van der Waals surface area contributed by atoms with Gasteiger partial charge in [-0.1, -0.05) is 17.3 Å². The fraction of sp³-hybridized carbons (Fsp3) is 0.182. The number of H-pyrrole nitrogens is 1. The summed E-state index contributed by atoms with van der Waals surface area (Å²) in [5, 5.41) is 22.4. The molecule has 0 unspecified atom stereocenters. The molecule has 3 heterocycles. The van der Waals surface area contributed by atoms with Gasteiger partial charge in [0.15, 0.2) is 5.82 Å². The van der Waals surface area contributed by atoms with Gasteiger partial charge in [-0.05, 0) is 12.1 Å². The SMILES string of the molecule is c1ccc2c(c1)SCc1nnc(Cc3nn[nH]n3)n1-2. The molecule has 2 aromatic heterocycles. The first-order valence-electron chi connectivity index (χ1n) is 5.79. The van der Waals surface area contributed by atoms with Crippen molar-refractivity contribution in [3.63, 3.8) is 0 Å². The van der Waals surface area contributed by atoms with Gasteiger partial charge in [-0.3, -0.25) is 4.57 Å². The van der Waals surface area contributed by atoms with Crippen molar-refractivity contribution in [2.24, 2.45) is 0 Å². The monoisotopic (exact) mass is 271 g/mol. The first kappa shape index (κ1) is 10.7. The summed E-state index contributed by atoms with van der Waals surface area (Å²) in [5.41, 5.74) is 1.12. The van der Waals surface area contributed by atoms with Crippen LogP contribution in [0.5, 0.6) is 0 Å². The van der Waals surface area contributed by atoms with Gasteiger partial charge in [-0.25, -0.2) is 0 Å². The largest absolute Gasteiger partial charge is 0.281 e. The molecule has 0 saturated carbocycles. The molecule has 1 aliphatic rings. The molecule has 0 bridgehead atoms. The summed E-state index contributed by atoms with van der Waals surface area (Å²) in [6.07, 6.45) is 0.516. The third kappa shape index (κ3) is 1.72. The molecule has 1 aromatic carbocycles. The predicted molar refractivity (Wildman–Crippen MR) is 67.9 cm³/mol. The number of nitrogens with one attached hydrogen (secondary N) is 1. The smallest absolute Gasteiger partial charge is 0.182 e. The number of rotatable bonds is 2. The van der Waals surface area contributed by atoms with E-state index in [0.717, 1.165) is 23.1 Å². The molecule has 19 heavy (non-hydrogen) atoms. The quantitative estimate of drug-likeness (QED) is 0.747.